The molecule has 6 nitrogen and oxygen atoms in total. The van der Waals surface area contributed by atoms with Crippen molar-refractivity contribution < 1.29 is 9.59 Å². The number of anilines is 1. The second kappa shape index (κ2) is 7.39. The molecule has 0 radical (unpaired) electrons. The Hall–Kier alpha value is -2.67. The highest BCUT2D eigenvalue weighted by atomic mass is 32.1. The Balaban J connectivity index is 1.99. The molecule has 2 amide bonds. The van der Waals surface area contributed by atoms with Gasteiger partial charge in [-0.3, -0.25) is 14.9 Å². The predicted octanol–water partition coefficient (Wildman–Crippen LogP) is 4.55. The van der Waals surface area contributed by atoms with Crippen LogP contribution >= 0.6 is 11.3 Å². The second-order valence-corrected chi connectivity index (χ2v) is 9.20. The summed E-state index contributed by atoms with van der Waals surface area (Å²) < 4.78 is 2.75. The topological polar surface area (TPSA) is 76.0 Å². The van der Waals surface area contributed by atoms with Crippen LogP contribution in [-0.2, 0) is 5.54 Å². The first-order valence-corrected chi connectivity index (χ1v) is 10.1. The minimum atomic E-state index is -0.249. The molecule has 2 N–H and O–H groups in total. The largest absolute Gasteiger partial charge is 0.350 e. The van der Waals surface area contributed by atoms with Gasteiger partial charge < -0.3 is 9.88 Å². The molecule has 0 saturated heterocycles. The number of fused-ring (bicyclic) bond motifs is 1. The minimum Gasteiger partial charge on any atom is -0.350 e. The maximum Gasteiger partial charge on any atom is 0.257 e. The van der Waals surface area contributed by atoms with Crippen LogP contribution in [0, 0.1) is 6.92 Å². The molecule has 0 fully saturated rings. The SMILES string of the molecule is Cc1ccc(C(=O)Nc2nc3c(s2)c(C(=O)NC(C)C)cn3C(C)(C)C)cc1. The molecular weight excluding hydrogens is 372 g/mol. The molecular formula is C21H26N4O2S. The molecule has 0 saturated carbocycles. The number of amides is 2. The first-order valence-electron chi connectivity index (χ1n) is 9.27. The Morgan fingerprint density at radius 3 is 2.32 bits per heavy atom. The molecule has 0 bridgehead atoms. The zero-order chi connectivity index (χ0) is 20.6. The number of nitrogens with zero attached hydrogens (tertiary/aromatic N) is 2. The molecule has 28 heavy (non-hydrogen) atoms. The zero-order valence-corrected chi connectivity index (χ0v) is 17.9. The second-order valence-electron chi connectivity index (χ2n) is 8.20. The van der Waals surface area contributed by atoms with E-state index in [1.54, 1.807) is 12.1 Å². The van der Waals surface area contributed by atoms with Crippen LogP contribution in [0.25, 0.3) is 10.3 Å². The van der Waals surface area contributed by atoms with Crippen molar-refractivity contribution in [1.29, 1.82) is 0 Å². The van der Waals surface area contributed by atoms with Gasteiger partial charge in [0.05, 0.1) is 10.3 Å². The summed E-state index contributed by atoms with van der Waals surface area (Å²) in [5.74, 6) is -0.352. The van der Waals surface area contributed by atoms with Crippen LogP contribution in [0.4, 0.5) is 5.13 Å². The summed E-state index contributed by atoms with van der Waals surface area (Å²) in [6.07, 6.45) is 1.84. The molecule has 0 aliphatic carbocycles. The van der Waals surface area contributed by atoms with Gasteiger partial charge in [0.1, 0.15) is 0 Å². The molecule has 0 unspecified atom stereocenters. The molecule has 1 aromatic carbocycles. The van der Waals surface area contributed by atoms with Gasteiger partial charge >= 0.3 is 0 Å². The number of aryl methyl sites for hydroxylation is 1. The van der Waals surface area contributed by atoms with E-state index in [1.165, 1.54) is 11.3 Å². The summed E-state index contributed by atoms with van der Waals surface area (Å²) in [6.45, 7) is 12.0. The highest BCUT2D eigenvalue weighted by molar-refractivity contribution is 7.22. The molecule has 148 valence electrons. The third-order valence-electron chi connectivity index (χ3n) is 4.26. The number of nitrogens with one attached hydrogen (secondary N) is 2. The third-order valence-corrected chi connectivity index (χ3v) is 5.25. The van der Waals surface area contributed by atoms with E-state index in [0.29, 0.717) is 21.9 Å². The van der Waals surface area contributed by atoms with Crippen LogP contribution in [-0.4, -0.2) is 27.4 Å². The lowest BCUT2D eigenvalue weighted by molar-refractivity contribution is 0.0943. The normalized spacial score (nSPS) is 11.8. The summed E-state index contributed by atoms with van der Waals surface area (Å²) in [5, 5.41) is 6.28. The fourth-order valence-corrected chi connectivity index (χ4v) is 3.80. The Labute approximate surface area is 169 Å². The number of benzene rings is 1. The number of aromatic nitrogens is 2. The van der Waals surface area contributed by atoms with Crippen molar-refractivity contribution in [1.82, 2.24) is 14.9 Å². The van der Waals surface area contributed by atoms with E-state index >= 15 is 0 Å². The van der Waals surface area contributed by atoms with Crippen LogP contribution in [0.1, 0.15) is 60.9 Å². The van der Waals surface area contributed by atoms with Crippen LogP contribution in [0.3, 0.4) is 0 Å². The fourth-order valence-electron chi connectivity index (χ4n) is 2.84. The quantitative estimate of drug-likeness (QED) is 0.677. The highest BCUT2D eigenvalue weighted by Gasteiger charge is 2.25. The van der Waals surface area contributed by atoms with Crippen molar-refractivity contribution in [3.8, 4) is 0 Å². The van der Waals surface area contributed by atoms with Crippen molar-refractivity contribution >= 4 is 38.6 Å². The molecule has 0 aliphatic rings. The lowest BCUT2D eigenvalue weighted by atomic mass is 10.1. The zero-order valence-electron chi connectivity index (χ0n) is 17.1. The first kappa shape index (κ1) is 20.1. The Kier molecular flexibility index (Phi) is 5.30. The fraction of sp³-hybridized carbons (Fsp3) is 0.381. The predicted molar refractivity (Wildman–Crippen MR) is 114 cm³/mol. The lowest BCUT2D eigenvalue weighted by Crippen LogP contribution is -2.30. The van der Waals surface area contributed by atoms with Crippen LogP contribution in [0.15, 0.2) is 30.5 Å². The monoisotopic (exact) mass is 398 g/mol. The van der Waals surface area contributed by atoms with Gasteiger partial charge in [-0.15, -0.1) is 0 Å². The Bertz CT molecular complexity index is 1020. The minimum absolute atomic E-state index is 0.0363. The number of rotatable bonds is 4. The molecule has 0 atom stereocenters. The first-order chi connectivity index (χ1) is 13.1. The number of thiazole rings is 1. The summed E-state index contributed by atoms with van der Waals surface area (Å²) in [7, 11) is 0. The van der Waals surface area contributed by atoms with Crippen LogP contribution in [0.2, 0.25) is 0 Å². The van der Waals surface area contributed by atoms with Crippen molar-refractivity contribution in [2.45, 2.75) is 53.1 Å². The van der Waals surface area contributed by atoms with Gasteiger partial charge in [0.25, 0.3) is 11.8 Å². The summed E-state index contributed by atoms with van der Waals surface area (Å²) in [5.41, 5.74) is 2.69. The van der Waals surface area contributed by atoms with E-state index in [-0.39, 0.29) is 23.4 Å². The lowest BCUT2D eigenvalue weighted by Gasteiger charge is -2.21. The van der Waals surface area contributed by atoms with Crippen molar-refractivity contribution in [3.63, 3.8) is 0 Å². The Morgan fingerprint density at radius 2 is 1.75 bits per heavy atom. The smallest absolute Gasteiger partial charge is 0.257 e. The van der Waals surface area contributed by atoms with Gasteiger partial charge in [0.15, 0.2) is 10.8 Å². The Morgan fingerprint density at radius 1 is 1.11 bits per heavy atom. The van der Waals surface area contributed by atoms with E-state index in [0.717, 1.165) is 10.3 Å². The highest BCUT2D eigenvalue weighted by Crippen LogP contribution is 2.34. The molecule has 2 aromatic heterocycles. The summed E-state index contributed by atoms with van der Waals surface area (Å²) >= 11 is 1.32. The standard InChI is InChI=1S/C21H26N4O2S/c1-12(2)22-19(27)15-11-25(21(4,5)6)17-16(15)28-20(23-17)24-18(26)14-9-7-13(3)8-10-14/h7-12H,1-6H3,(H,22,27)(H,23,24,26). The molecule has 3 rings (SSSR count). The van der Waals surface area contributed by atoms with Crippen molar-refractivity contribution in [2.24, 2.45) is 0 Å². The van der Waals surface area contributed by atoms with Gasteiger partial charge in [-0.1, -0.05) is 29.0 Å². The van der Waals surface area contributed by atoms with E-state index in [9.17, 15) is 9.59 Å². The van der Waals surface area contributed by atoms with Gasteiger partial charge in [0.2, 0.25) is 0 Å². The van der Waals surface area contributed by atoms with E-state index in [4.69, 9.17) is 0 Å². The average Bonchev–Trinajstić information content (AvgIpc) is 3.12. The van der Waals surface area contributed by atoms with E-state index < -0.39 is 0 Å². The van der Waals surface area contributed by atoms with E-state index in [2.05, 4.69) is 36.4 Å². The molecule has 3 aromatic rings. The van der Waals surface area contributed by atoms with E-state index in [1.807, 2.05) is 43.7 Å². The molecule has 0 aliphatic heterocycles. The number of carbonyl (C=O) groups excluding carboxylic acids is 2. The summed E-state index contributed by atoms with van der Waals surface area (Å²) in [6, 6.07) is 7.41. The van der Waals surface area contributed by atoms with Crippen LogP contribution in [0.5, 0.6) is 0 Å². The van der Waals surface area contributed by atoms with Gasteiger partial charge in [0, 0.05) is 23.3 Å². The van der Waals surface area contributed by atoms with Gasteiger partial charge in [-0.05, 0) is 53.7 Å². The molecule has 2 heterocycles. The maximum atomic E-state index is 12.7. The number of carbonyl (C=O) groups is 2. The van der Waals surface area contributed by atoms with Gasteiger partial charge in [-0.25, -0.2) is 4.98 Å². The van der Waals surface area contributed by atoms with Crippen molar-refractivity contribution in [3.05, 3.63) is 47.2 Å². The third kappa shape index (κ3) is 4.09. The van der Waals surface area contributed by atoms with Crippen molar-refractivity contribution in [2.75, 3.05) is 5.32 Å². The molecule has 0 spiro atoms. The summed E-state index contributed by atoms with van der Waals surface area (Å²) in [4.78, 5) is 29.8. The molecule has 7 heteroatoms. The van der Waals surface area contributed by atoms with Gasteiger partial charge in [-0.2, -0.15) is 0 Å². The number of hydrogen-bond donors (Lipinski definition) is 2. The average molecular weight is 399 g/mol. The number of hydrogen-bond acceptors (Lipinski definition) is 4. The van der Waals surface area contributed by atoms with Crippen LogP contribution < -0.4 is 10.6 Å². The maximum absolute atomic E-state index is 12.7.